The lowest BCUT2D eigenvalue weighted by atomic mass is 9.72. The monoisotopic (exact) mass is 798 g/mol. The van der Waals surface area contributed by atoms with Gasteiger partial charge in [-0.25, -0.2) is 16.0 Å². The van der Waals surface area contributed by atoms with Gasteiger partial charge in [0.05, 0.1) is 20.8 Å². The number of nitrogens with zero attached hydrogens (tertiary/aromatic N) is 3. The fourth-order valence-corrected chi connectivity index (χ4v) is 10.2. The van der Waals surface area contributed by atoms with Crippen LogP contribution in [0.3, 0.4) is 0 Å². The number of fused-ring (bicyclic) bond motifs is 2. The Kier molecular flexibility index (Phi) is 13.4. The van der Waals surface area contributed by atoms with Crippen molar-refractivity contribution in [2.75, 3.05) is 34.0 Å². The van der Waals surface area contributed by atoms with Gasteiger partial charge in [-0.15, -0.1) is 0 Å². The minimum atomic E-state index is -1.71. The predicted molar refractivity (Wildman–Crippen MR) is 220 cm³/mol. The summed E-state index contributed by atoms with van der Waals surface area (Å²) in [6.45, 7) is 20.2. The van der Waals surface area contributed by atoms with Crippen molar-refractivity contribution in [1.29, 1.82) is 0 Å². The zero-order valence-electron chi connectivity index (χ0n) is 34.1. The van der Waals surface area contributed by atoms with Gasteiger partial charge in [0.15, 0.2) is 0 Å². The van der Waals surface area contributed by atoms with Crippen LogP contribution in [-0.2, 0) is 24.1 Å². The van der Waals surface area contributed by atoms with Crippen molar-refractivity contribution < 1.29 is 28.0 Å². The molecule has 4 aromatic rings. The first kappa shape index (κ1) is 42.3. The molecule has 1 N–H and O–H groups in total. The van der Waals surface area contributed by atoms with E-state index in [0.29, 0.717) is 23.5 Å². The van der Waals surface area contributed by atoms with Gasteiger partial charge >= 0.3 is 5.69 Å². The Labute approximate surface area is 336 Å². The molecule has 0 spiro atoms. The number of nitrogens with one attached hydrogen (secondary N) is 1. The van der Waals surface area contributed by atoms with Gasteiger partial charge in [0.25, 0.3) is 14.1 Å². The van der Waals surface area contributed by atoms with Crippen LogP contribution >= 0.6 is 8.53 Å². The third kappa shape index (κ3) is 8.47. The minimum absolute atomic E-state index is 0.0588. The maximum absolute atomic E-state index is 13.6. The molecule has 0 amide bonds. The van der Waals surface area contributed by atoms with E-state index < -0.39 is 43.3 Å². The smallest absolute Gasteiger partial charge is 0.330 e. The molecule has 1 aliphatic carbocycles. The minimum Gasteiger partial charge on any atom is -0.497 e. The summed E-state index contributed by atoms with van der Waals surface area (Å²) in [5.41, 5.74) is -0.193. The van der Waals surface area contributed by atoms with Crippen molar-refractivity contribution in [3.63, 3.8) is 0 Å². The molecule has 6 atom stereocenters. The van der Waals surface area contributed by atoms with Gasteiger partial charge < -0.3 is 32.8 Å². The molecule has 12 nitrogen and oxygen atoms in total. The molecule has 1 aliphatic heterocycles. The molecule has 0 radical (unpaired) electrons. The Balaban J connectivity index is 1.54. The van der Waals surface area contributed by atoms with Crippen molar-refractivity contribution in [2.24, 2.45) is 11.8 Å². The number of aromatic nitrogens is 2. The second-order valence-corrected chi connectivity index (χ2v) is 16.9. The molecule has 6 rings (SSSR count). The van der Waals surface area contributed by atoms with Crippen molar-refractivity contribution in [3.8, 4) is 11.5 Å². The van der Waals surface area contributed by atoms with E-state index in [1.807, 2.05) is 66.7 Å². The Morgan fingerprint density at radius 2 is 1.53 bits per heavy atom. The van der Waals surface area contributed by atoms with Crippen LogP contribution in [0.4, 0.5) is 0 Å². The van der Waals surface area contributed by atoms with E-state index in [4.69, 9.17) is 34.6 Å². The molecule has 2 fully saturated rings. The summed E-state index contributed by atoms with van der Waals surface area (Å²) in [5.74, 6) is 1.15. The van der Waals surface area contributed by atoms with Crippen LogP contribution in [0.2, 0.25) is 0 Å². The van der Waals surface area contributed by atoms with Crippen LogP contribution in [0.25, 0.3) is 4.85 Å². The molecule has 304 valence electrons. The molecule has 13 heteroatoms. The molecule has 1 saturated carbocycles. The van der Waals surface area contributed by atoms with E-state index in [2.05, 4.69) is 61.3 Å². The van der Waals surface area contributed by atoms with Crippen molar-refractivity contribution in [1.82, 2.24) is 14.2 Å². The fraction of sp³-hybridized carbons (Fsp3) is 0.477. The van der Waals surface area contributed by atoms with Crippen LogP contribution in [-0.4, -0.2) is 72.0 Å². The Morgan fingerprint density at radius 3 is 2.07 bits per heavy atom. The lowest BCUT2D eigenvalue weighted by Gasteiger charge is -2.46. The van der Waals surface area contributed by atoms with E-state index in [9.17, 15) is 9.59 Å². The average molecular weight is 799 g/mol. The third-order valence-corrected chi connectivity index (χ3v) is 13.3. The second kappa shape index (κ2) is 18.1. The lowest BCUT2D eigenvalue weighted by molar-refractivity contribution is -0.162. The topological polar surface area (TPSA) is 118 Å². The number of benzene rings is 3. The highest BCUT2D eigenvalue weighted by molar-refractivity contribution is 7.44. The Hall–Kier alpha value is -4.34. The molecule has 1 aromatic heterocycles. The van der Waals surface area contributed by atoms with Crippen molar-refractivity contribution >= 4 is 8.53 Å². The van der Waals surface area contributed by atoms with Gasteiger partial charge in [-0.3, -0.25) is 14.3 Å². The van der Waals surface area contributed by atoms with Crippen LogP contribution in [0, 0.1) is 25.3 Å². The highest BCUT2D eigenvalue weighted by atomic mass is 31.2. The fourth-order valence-electron chi connectivity index (χ4n) is 8.39. The summed E-state index contributed by atoms with van der Waals surface area (Å²) in [6.07, 6.45) is 1.54. The van der Waals surface area contributed by atoms with E-state index >= 15 is 0 Å². The lowest BCUT2D eigenvalue weighted by Crippen LogP contribution is -2.53. The van der Waals surface area contributed by atoms with E-state index in [1.165, 1.54) is 4.57 Å². The molecule has 1 saturated heterocycles. The quantitative estimate of drug-likeness (QED) is 0.0494. The SMILES string of the molecule is [C-]#[N+]CCOP(O[C@@H]1C2C(C)CC[C@]1(COC(c1ccccc1)(c1ccc(OC)cc1)c1ccc(OC)cc1)O[C@H]2n1cc(C)c(=O)[nH]c1=O)N(C(C)C)C(C)C. The second-order valence-electron chi connectivity index (χ2n) is 15.5. The summed E-state index contributed by atoms with van der Waals surface area (Å²) < 4.78 is 43.5. The van der Waals surface area contributed by atoms with Crippen molar-refractivity contribution in [2.45, 2.75) is 90.0 Å². The molecule has 3 unspecified atom stereocenters. The maximum atomic E-state index is 13.6. The van der Waals surface area contributed by atoms with E-state index in [-0.39, 0.29) is 43.7 Å². The Morgan fingerprint density at radius 1 is 0.947 bits per heavy atom. The summed E-state index contributed by atoms with van der Waals surface area (Å²) in [6, 6.07) is 26.0. The van der Waals surface area contributed by atoms with Gasteiger partial charge in [-0.1, -0.05) is 61.5 Å². The van der Waals surface area contributed by atoms with Crippen LogP contribution in [0.5, 0.6) is 11.5 Å². The zero-order chi connectivity index (χ0) is 40.9. The summed E-state index contributed by atoms with van der Waals surface area (Å²) in [4.78, 5) is 32.2. The number of hydrogen-bond acceptors (Lipinski definition) is 9. The van der Waals surface area contributed by atoms with Gasteiger partial charge in [-0.05, 0) is 94.3 Å². The van der Waals surface area contributed by atoms with E-state index in [1.54, 1.807) is 27.3 Å². The van der Waals surface area contributed by atoms with Gasteiger partial charge in [0.2, 0.25) is 6.54 Å². The Bertz CT molecular complexity index is 2040. The van der Waals surface area contributed by atoms with Gasteiger partial charge in [0.1, 0.15) is 41.6 Å². The molecule has 2 bridgehead atoms. The van der Waals surface area contributed by atoms with Crippen LogP contribution < -0.4 is 20.7 Å². The van der Waals surface area contributed by atoms with Gasteiger partial charge in [-0.2, -0.15) is 0 Å². The van der Waals surface area contributed by atoms with E-state index in [0.717, 1.165) is 23.1 Å². The van der Waals surface area contributed by atoms with Crippen LogP contribution in [0.15, 0.2) is 94.6 Å². The summed E-state index contributed by atoms with van der Waals surface area (Å²) in [5, 5.41) is 0. The average Bonchev–Trinajstić information content (AvgIpc) is 3.43. The molecule has 2 aliphatic rings. The summed E-state index contributed by atoms with van der Waals surface area (Å²) >= 11 is 0. The molecular formula is C44H55N4O8P. The first-order valence-electron chi connectivity index (χ1n) is 19.6. The number of methoxy groups -OCH3 is 2. The largest absolute Gasteiger partial charge is 0.497 e. The normalized spacial score (nSPS) is 22.5. The van der Waals surface area contributed by atoms with Crippen molar-refractivity contribution in [3.05, 3.63) is 140 Å². The third-order valence-electron chi connectivity index (χ3n) is 11.2. The van der Waals surface area contributed by atoms with Gasteiger partial charge in [0, 0.05) is 29.8 Å². The predicted octanol–water partition coefficient (Wildman–Crippen LogP) is 7.85. The maximum Gasteiger partial charge on any atom is 0.330 e. The first-order chi connectivity index (χ1) is 27.4. The number of aryl methyl sites for hydroxylation is 1. The molecule has 2 heterocycles. The number of aromatic amines is 1. The molecular weight excluding hydrogens is 743 g/mol. The summed E-state index contributed by atoms with van der Waals surface area (Å²) in [7, 11) is 1.57. The highest BCUT2D eigenvalue weighted by Gasteiger charge is 2.63. The standard InChI is InChI=1S/C44H55N4O8P/c1-29(2)48(30(3)4)57(54-26-25-45-7)56-39-38-31(5)23-24-43(39,55-41(38)47-27-32(6)40(49)46-42(47)50)28-53-44(33-13-11-10-12-14-33,34-15-19-36(51-8)20-16-34)35-17-21-37(52-9)22-18-35/h10-22,27,29-31,38-39,41H,23-26,28H2,1-6,8-9H3,(H,46,49,50)/t31?,38?,39-,41-,43-,57?/m1/s1. The molecule has 57 heavy (non-hydrogen) atoms. The van der Waals surface area contributed by atoms with Crippen LogP contribution in [0.1, 0.15) is 75.9 Å². The number of hydrogen-bond donors (Lipinski definition) is 1. The highest BCUT2D eigenvalue weighted by Crippen LogP contribution is 2.60. The number of ether oxygens (including phenoxy) is 4. The first-order valence-corrected chi connectivity index (χ1v) is 20.7. The molecule has 3 aromatic carbocycles. The number of H-pyrrole nitrogens is 1. The zero-order valence-corrected chi connectivity index (χ0v) is 35.0. The number of rotatable bonds is 17.